The molecular formula is C29H27N5O4S. The number of hydrogen-bond acceptors (Lipinski definition) is 7. The molecule has 1 fully saturated rings. The summed E-state index contributed by atoms with van der Waals surface area (Å²) in [5, 5.41) is 0.383. The van der Waals surface area contributed by atoms with Gasteiger partial charge in [0.05, 0.1) is 18.1 Å². The third kappa shape index (κ3) is 5.15. The predicted molar refractivity (Wildman–Crippen MR) is 149 cm³/mol. The van der Waals surface area contributed by atoms with E-state index in [1.54, 1.807) is 25.3 Å². The first kappa shape index (κ1) is 24.9. The summed E-state index contributed by atoms with van der Waals surface area (Å²) >= 11 is 1.16. The number of carbonyl (C=O) groups is 1. The van der Waals surface area contributed by atoms with Gasteiger partial charge in [-0.05, 0) is 48.7 Å². The van der Waals surface area contributed by atoms with Crippen molar-refractivity contribution < 1.29 is 14.3 Å². The second-order valence-corrected chi connectivity index (χ2v) is 10.2. The number of methoxy groups -OCH3 is 1. The van der Waals surface area contributed by atoms with E-state index < -0.39 is 0 Å². The molecule has 3 heterocycles. The first-order valence-corrected chi connectivity index (χ1v) is 13.6. The van der Waals surface area contributed by atoms with Gasteiger partial charge < -0.3 is 19.4 Å². The fraction of sp³-hybridized carbons (Fsp3) is 0.241. The number of rotatable bonds is 7. The fourth-order valence-corrected chi connectivity index (χ4v) is 5.62. The van der Waals surface area contributed by atoms with Crippen LogP contribution in [0.15, 0.2) is 77.6 Å². The molecule has 3 aromatic carbocycles. The summed E-state index contributed by atoms with van der Waals surface area (Å²) in [6.07, 6.45) is 2.00. The van der Waals surface area contributed by atoms with Crippen molar-refractivity contribution in [2.75, 3.05) is 20.2 Å². The zero-order valence-electron chi connectivity index (χ0n) is 21.4. The highest BCUT2D eigenvalue weighted by Crippen LogP contribution is 2.34. The largest absolute Gasteiger partial charge is 0.493 e. The molecule has 1 amide bonds. The van der Waals surface area contributed by atoms with Crippen LogP contribution in [-0.4, -0.2) is 49.9 Å². The number of nitrogens with zero attached hydrogens (tertiary/aromatic N) is 4. The van der Waals surface area contributed by atoms with E-state index in [2.05, 4.69) is 14.3 Å². The summed E-state index contributed by atoms with van der Waals surface area (Å²) in [5.41, 5.74) is 3.23. The molecule has 198 valence electrons. The number of imidazole rings is 1. The molecule has 0 aliphatic carbocycles. The summed E-state index contributed by atoms with van der Waals surface area (Å²) in [7, 11) is 1.56. The fourth-order valence-electron chi connectivity index (χ4n) is 5.06. The van der Waals surface area contributed by atoms with Crippen LogP contribution in [0.25, 0.3) is 11.0 Å². The van der Waals surface area contributed by atoms with Crippen molar-refractivity contribution in [1.82, 2.24) is 23.8 Å². The zero-order valence-corrected chi connectivity index (χ0v) is 22.2. The van der Waals surface area contributed by atoms with Gasteiger partial charge in [-0.2, -0.15) is 9.36 Å². The van der Waals surface area contributed by atoms with E-state index in [1.165, 1.54) is 0 Å². The van der Waals surface area contributed by atoms with Crippen LogP contribution in [0.2, 0.25) is 0 Å². The molecule has 1 aliphatic rings. The molecular weight excluding hydrogens is 514 g/mol. The lowest BCUT2D eigenvalue weighted by molar-refractivity contribution is 0.0694. The first-order valence-electron chi connectivity index (χ1n) is 12.8. The summed E-state index contributed by atoms with van der Waals surface area (Å²) < 4.78 is 17.7. The first-order chi connectivity index (χ1) is 19.1. The van der Waals surface area contributed by atoms with Crippen LogP contribution in [0.3, 0.4) is 0 Å². The Labute approximate surface area is 228 Å². The van der Waals surface area contributed by atoms with E-state index in [0.717, 1.165) is 28.1 Å². The number of H-pyrrole nitrogens is 1. The highest BCUT2D eigenvalue weighted by molar-refractivity contribution is 7.07. The molecule has 2 aromatic heterocycles. The van der Waals surface area contributed by atoms with E-state index >= 15 is 0 Å². The van der Waals surface area contributed by atoms with E-state index in [4.69, 9.17) is 9.47 Å². The third-order valence-corrected chi connectivity index (χ3v) is 7.64. The monoisotopic (exact) mass is 541 g/mol. The molecule has 0 unspecified atom stereocenters. The van der Waals surface area contributed by atoms with Crippen LogP contribution in [0.4, 0.5) is 0 Å². The Morgan fingerprint density at radius 2 is 1.79 bits per heavy atom. The number of fused-ring (bicyclic) bond motifs is 1. The third-order valence-electron chi connectivity index (χ3n) is 7.00. The molecule has 5 aromatic rings. The van der Waals surface area contributed by atoms with Crippen LogP contribution in [0.1, 0.15) is 40.6 Å². The van der Waals surface area contributed by atoms with Crippen molar-refractivity contribution in [1.29, 1.82) is 0 Å². The Bertz CT molecular complexity index is 1670. The Morgan fingerprint density at radius 3 is 2.59 bits per heavy atom. The minimum atomic E-state index is -0.110. The molecule has 6 rings (SSSR count). The average molecular weight is 542 g/mol. The lowest BCUT2D eigenvalue weighted by Crippen LogP contribution is -2.40. The van der Waals surface area contributed by atoms with Crippen LogP contribution < -0.4 is 15.2 Å². The second kappa shape index (κ2) is 10.7. The number of benzene rings is 3. The van der Waals surface area contributed by atoms with Crippen molar-refractivity contribution in [3.05, 3.63) is 100 Å². The molecule has 0 saturated carbocycles. The van der Waals surface area contributed by atoms with Crippen LogP contribution in [0, 0.1) is 0 Å². The summed E-state index contributed by atoms with van der Waals surface area (Å²) in [5.74, 6) is 1.49. The number of ether oxygens (including phenoxy) is 2. The maximum absolute atomic E-state index is 13.4. The number of aromatic amines is 1. The van der Waals surface area contributed by atoms with Crippen molar-refractivity contribution in [2.24, 2.45) is 0 Å². The average Bonchev–Trinajstić information content (AvgIpc) is 3.55. The highest BCUT2D eigenvalue weighted by atomic mass is 32.1. The zero-order chi connectivity index (χ0) is 26.8. The number of amides is 1. The van der Waals surface area contributed by atoms with Gasteiger partial charge in [0.1, 0.15) is 0 Å². The summed E-state index contributed by atoms with van der Waals surface area (Å²) in [4.78, 5) is 35.3. The molecule has 9 nitrogen and oxygen atoms in total. The normalized spacial score (nSPS) is 14.0. The summed E-state index contributed by atoms with van der Waals surface area (Å²) in [6, 6.07) is 22.9. The Morgan fingerprint density at radius 1 is 1.03 bits per heavy atom. The minimum Gasteiger partial charge on any atom is -0.493 e. The van der Waals surface area contributed by atoms with Gasteiger partial charge in [-0.3, -0.25) is 9.36 Å². The number of aromatic nitrogens is 4. The van der Waals surface area contributed by atoms with Gasteiger partial charge in [0.25, 0.3) is 11.1 Å². The van der Waals surface area contributed by atoms with Crippen molar-refractivity contribution in [3.63, 3.8) is 0 Å². The van der Waals surface area contributed by atoms with E-state index in [9.17, 15) is 9.59 Å². The minimum absolute atomic E-state index is 0.0370. The molecule has 1 N–H and O–H groups in total. The van der Waals surface area contributed by atoms with Crippen LogP contribution in [0.5, 0.6) is 16.7 Å². The molecule has 0 atom stereocenters. The van der Waals surface area contributed by atoms with Crippen LogP contribution in [-0.2, 0) is 6.42 Å². The maximum atomic E-state index is 13.4. The van der Waals surface area contributed by atoms with Crippen molar-refractivity contribution in [3.8, 4) is 16.7 Å². The van der Waals surface area contributed by atoms with E-state index in [0.29, 0.717) is 60.4 Å². The molecule has 0 spiro atoms. The number of para-hydroxylation sites is 2. The van der Waals surface area contributed by atoms with Gasteiger partial charge in [-0.15, -0.1) is 0 Å². The van der Waals surface area contributed by atoms with E-state index in [1.807, 2.05) is 64.1 Å². The van der Waals surface area contributed by atoms with E-state index in [-0.39, 0.29) is 17.6 Å². The molecule has 0 radical (unpaired) electrons. The number of likely N-dealkylation sites (tertiary alicyclic amines) is 1. The molecule has 0 bridgehead atoms. The van der Waals surface area contributed by atoms with Crippen molar-refractivity contribution in [2.45, 2.75) is 25.3 Å². The number of piperidine rings is 1. The Hall–Kier alpha value is -4.44. The SMILES string of the molecule is COc1ccc(C(=O)N2CCC(n3c(=O)[nH]c4ccccc43)CC2)cc1Oc1nc(Cc2ccccc2)ns1. The van der Waals surface area contributed by atoms with Crippen LogP contribution >= 0.6 is 11.5 Å². The molecule has 1 aliphatic heterocycles. The molecule has 10 heteroatoms. The number of carbonyl (C=O) groups excluding carboxylic acids is 1. The van der Waals surface area contributed by atoms with Gasteiger partial charge in [-0.25, -0.2) is 4.79 Å². The van der Waals surface area contributed by atoms with Gasteiger partial charge >= 0.3 is 5.69 Å². The Kier molecular flexibility index (Phi) is 6.85. The number of hydrogen-bond donors (Lipinski definition) is 1. The van der Waals surface area contributed by atoms with Gasteiger partial charge in [0, 0.05) is 42.6 Å². The van der Waals surface area contributed by atoms with Gasteiger partial charge in [0.2, 0.25) is 0 Å². The lowest BCUT2D eigenvalue weighted by atomic mass is 10.0. The maximum Gasteiger partial charge on any atom is 0.326 e. The lowest BCUT2D eigenvalue weighted by Gasteiger charge is -2.32. The predicted octanol–water partition coefficient (Wildman–Crippen LogP) is 5.05. The second-order valence-electron chi connectivity index (χ2n) is 9.45. The van der Waals surface area contributed by atoms with Gasteiger partial charge in [-0.1, -0.05) is 42.5 Å². The van der Waals surface area contributed by atoms with Crippen molar-refractivity contribution >= 4 is 28.5 Å². The smallest absolute Gasteiger partial charge is 0.326 e. The molecule has 1 saturated heterocycles. The topological polar surface area (TPSA) is 102 Å². The van der Waals surface area contributed by atoms with Gasteiger partial charge in [0.15, 0.2) is 17.3 Å². The number of nitrogens with one attached hydrogen (secondary N) is 1. The Balaban J connectivity index is 1.15. The summed E-state index contributed by atoms with van der Waals surface area (Å²) in [6.45, 7) is 1.10. The standard InChI is InChI=1S/C29H27N5O4S/c1-37-24-12-11-20(18-25(24)38-29-31-26(32-39-29)17-19-7-3-2-4-8-19)27(35)33-15-13-21(14-16-33)34-23-10-6-5-9-22(23)30-28(34)36/h2-12,18,21H,13-17H2,1H3,(H,30,36). The molecule has 39 heavy (non-hydrogen) atoms. The quantitative estimate of drug-likeness (QED) is 0.309. The highest BCUT2D eigenvalue weighted by Gasteiger charge is 2.27.